The van der Waals surface area contributed by atoms with Crippen molar-refractivity contribution in [3.05, 3.63) is 94.5 Å². The second-order valence-corrected chi connectivity index (χ2v) is 8.00. The number of aliphatic hydroxyl groups is 1. The number of nitrogens with zero attached hydrogens (tertiary/aromatic N) is 1. The van der Waals surface area contributed by atoms with Gasteiger partial charge in [0.05, 0.1) is 5.69 Å². The number of carbonyl (C=O) groups is 2. The standard InChI is InChI=1S/C26H26N2O3/c1-4-19-9-7-8-18(3)24(19)27-23(29)16-28-22-11-6-5-10-21(22)26(31,25(28)30)20-14-12-17(2)13-15-20/h5-15,31H,4,16H2,1-3H3,(H,27,29). The lowest BCUT2D eigenvalue weighted by Gasteiger charge is -2.24. The number of para-hydroxylation sites is 2. The molecule has 1 aliphatic heterocycles. The van der Waals surface area contributed by atoms with E-state index >= 15 is 0 Å². The molecular weight excluding hydrogens is 388 g/mol. The highest BCUT2D eigenvalue weighted by Gasteiger charge is 2.51. The van der Waals surface area contributed by atoms with Gasteiger partial charge in [-0.15, -0.1) is 0 Å². The van der Waals surface area contributed by atoms with E-state index in [2.05, 4.69) is 5.32 Å². The Labute approximate surface area is 182 Å². The van der Waals surface area contributed by atoms with E-state index in [0.717, 1.165) is 28.8 Å². The molecule has 5 nitrogen and oxygen atoms in total. The molecule has 1 aliphatic rings. The van der Waals surface area contributed by atoms with E-state index in [1.54, 1.807) is 36.4 Å². The van der Waals surface area contributed by atoms with Gasteiger partial charge in [-0.3, -0.25) is 14.5 Å². The Balaban J connectivity index is 1.66. The van der Waals surface area contributed by atoms with Crippen LogP contribution in [0.1, 0.15) is 34.7 Å². The predicted molar refractivity (Wildman–Crippen MR) is 122 cm³/mol. The van der Waals surface area contributed by atoms with Crippen LogP contribution in [0.3, 0.4) is 0 Å². The summed E-state index contributed by atoms with van der Waals surface area (Å²) >= 11 is 0. The van der Waals surface area contributed by atoms with E-state index in [0.29, 0.717) is 16.8 Å². The first-order valence-corrected chi connectivity index (χ1v) is 10.5. The van der Waals surface area contributed by atoms with Gasteiger partial charge in [0.1, 0.15) is 6.54 Å². The number of benzene rings is 3. The zero-order chi connectivity index (χ0) is 22.2. The number of nitrogens with one attached hydrogen (secondary N) is 1. The Hall–Kier alpha value is -3.44. The Kier molecular flexibility index (Phi) is 5.38. The Morgan fingerprint density at radius 2 is 1.71 bits per heavy atom. The van der Waals surface area contributed by atoms with Crippen LogP contribution in [0, 0.1) is 13.8 Å². The number of aryl methyl sites for hydroxylation is 3. The Bertz CT molecular complexity index is 1150. The highest BCUT2D eigenvalue weighted by atomic mass is 16.3. The minimum absolute atomic E-state index is 0.179. The summed E-state index contributed by atoms with van der Waals surface area (Å²) in [5.41, 5.74) is 3.53. The van der Waals surface area contributed by atoms with Crippen LogP contribution in [0.15, 0.2) is 66.7 Å². The van der Waals surface area contributed by atoms with Crippen LogP contribution in [0.4, 0.5) is 11.4 Å². The van der Waals surface area contributed by atoms with E-state index in [9.17, 15) is 14.7 Å². The molecule has 2 N–H and O–H groups in total. The number of hydrogen-bond acceptors (Lipinski definition) is 3. The molecule has 0 radical (unpaired) electrons. The molecular formula is C26H26N2O3. The van der Waals surface area contributed by atoms with Gasteiger partial charge >= 0.3 is 0 Å². The molecule has 1 heterocycles. The lowest BCUT2D eigenvalue weighted by Crippen LogP contribution is -2.44. The van der Waals surface area contributed by atoms with Gasteiger partial charge in [-0.1, -0.05) is 73.2 Å². The third-order valence-electron chi connectivity index (χ3n) is 5.91. The number of anilines is 2. The van der Waals surface area contributed by atoms with Gasteiger partial charge in [-0.05, 0) is 43.0 Å². The number of amides is 2. The average molecular weight is 415 g/mol. The largest absolute Gasteiger partial charge is 0.372 e. The molecule has 4 rings (SSSR count). The second kappa shape index (κ2) is 8.00. The zero-order valence-corrected chi connectivity index (χ0v) is 18.0. The maximum atomic E-state index is 13.4. The highest BCUT2D eigenvalue weighted by molar-refractivity contribution is 6.12. The normalized spacial score (nSPS) is 17.5. The van der Waals surface area contributed by atoms with Crippen LogP contribution in [-0.4, -0.2) is 23.5 Å². The fourth-order valence-corrected chi connectivity index (χ4v) is 4.19. The van der Waals surface area contributed by atoms with Gasteiger partial charge in [0.2, 0.25) is 5.91 Å². The van der Waals surface area contributed by atoms with Crippen molar-refractivity contribution >= 4 is 23.2 Å². The molecule has 0 bridgehead atoms. The van der Waals surface area contributed by atoms with Crippen molar-refractivity contribution in [2.24, 2.45) is 0 Å². The molecule has 3 aromatic rings. The Morgan fingerprint density at radius 1 is 1.00 bits per heavy atom. The second-order valence-electron chi connectivity index (χ2n) is 8.00. The van der Waals surface area contributed by atoms with E-state index in [4.69, 9.17) is 0 Å². The topological polar surface area (TPSA) is 69.6 Å². The van der Waals surface area contributed by atoms with Gasteiger partial charge in [0.25, 0.3) is 5.91 Å². The number of carbonyl (C=O) groups excluding carboxylic acids is 2. The van der Waals surface area contributed by atoms with Crippen LogP contribution in [0.25, 0.3) is 0 Å². The first-order valence-electron chi connectivity index (χ1n) is 10.5. The third kappa shape index (κ3) is 3.51. The maximum Gasteiger partial charge on any atom is 0.268 e. The fourth-order valence-electron chi connectivity index (χ4n) is 4.19. The first kappa shape index (κ1) is 20.8. The van der Waals surface area contributed by atoms with Crippen molar-refractivity contribution in [1.29, 1.82) is 0 Å². The first-order chi connectivity index (χ1) is 14.9. The Morgan fingerprint density at radius 3 is 2.42 bits per heavy atom. The van der Waals surface area contributed by atoms with Crippen LogP contribution in [-0.2, 0) is 21.6 Å². The zero-order valence-electron chi connectivity index (χ0n) is 18.0. The summed E-state index contributed by atoms with van der Waals surface area (Å²) in [4.78, 5) is 27.8. The lowest BCUT2D eigenvalue weighted by atomic mass is 9.87. The van der Waals surface area contributed by atoms with Crippen LogP contribution >= 0.6 is 0 Å². The number of rotatable bonds is 5. The molecule has 5 heteroatoms. The molecule has 0 fully saturated rings. The summed E-state index contributed by atoms with van der Waals surface area (Å²) in [5, 5.41) is 14.5. The summed E-state index contributed by atoms with van der Waals surface area (Å²) in [6, 6.07) is 20.2. The van der Waals surface area contributed by atoms with Crippen molar-refractivity contribution in [2.45, 2.75) is 32.8 Å². The van der Waals surface area contributed by atoms with Crippen LogP contribution in [0.2, 0.25) is 0 Å². The van der Waals surface area contributed by atoms with Crippen molar-refractivity contribution in [3.63, 3.8) is 0 Å². The summed E-state index contributed by atoms with van der Waals surface area (Å²) in [6.07, 6.45) is 0.788. The highest BCUT2D eigenvalue weighted by Crippen LogP contribution is 2.44. The summed E-state index contributed by atoms with van der Waals surface area (Å²) in [5.74, 6) is -0.825. The molecule has 0 saturated carbocycles. The molecule has 0 aromatic heterocycles. The molecule has 3 aromatic carbocycles. The van der Waals surface area contributed by atoms with Gasteiger partial charge in [0, 0.05) is 11.3 Å². The predicted octanol–water partition coefficient (Wildman–Crippen LogP) is 4.09. The monoisotopic (exact) mass is 414 g/mol. The fraction of sp³-hybridized carbons (Fsp3) is 0.231. The summed E-state index contributed by atoms with van der Waals surface area (Å²) in [7, 11) is 0. The maximum absolute atomic E-state index is 13.4. The van der Waals surface area contributed by atoms with E-state index in [1.165, 1.54) is 4.90 Å². The number of fused-ring (bicyclic) bond motifs is 1. The molecule has 158 valence electrons. The van der Waals surface area contributed by atoms with E-state index in [1.807, 2.05) is 51.1 Å². The van der Waals surface area contributed by atoms with E-state index in [-0.39, 0.29) is 12.5 Å². The minimum Gasteiger partial charge on any atom is -0.372 e. The molecule has 1 unspecified atom stereocenters. The quantitative estimate of drug-likeness (QED) is 0.661. The molecule has 0 spiro atoms. The molecule has 2 amide bonds. The SMILES string of the molecule is CCc1cccc(C)c1NC(=O)CN1C(=O)C(O)(c2ccc(C)cc2)c2ccccc21. The van der Waals surface area contributed by atoms with Crippen molar-refractivity contribution in [3.8, 4) is 0 Å². The lowest BCUT2D eigenvalue weighted by molar-refractivity contribution is -0.133. The van der Waals surface area contributed by atoms with Crippen molar-refractivity contribution in [2.75, 3.05) is 16.8 Å². The average Bonchev–Trinajstić information content (AvgIpc) is 2.98. The summed E-state index contributed by atoms with van der Waals surface area (Å²) in [6.45, 7) is 5.75. The molecule has 0 aliphatic carbocycles. The smallest absolute Gasteiger partial charge is 0.268 e. The summed E-state index contributed by atoms with van der Waals surface area (Å²) < 4.78 is 0. The van der Waals surface area contributed by atoms with Crippen molar-refractivity contribution in [1.82, 2.24) is 0 Å². The van der Waals surface area contributed by atoms with Crippen molar-refractivity contribution < 1.29 is 14.7 Å². The van der Waals surface area contributed by atoms with Crippen LogP contribution in [0.5, 0.6) is 0 Å². The number of hydrogen-bond donors (Lipinski definition) is 2. The molecule has 0 saturated heterocycles. The van der Waals surface area contributed by atoms with Crippen LogP contribution < -0.4 is 10.2 Å². The molecule has 31 heavy (non-hydrogen) atoms. The third-order valence-corrected chi connectivity index (χ3v) is 5.91. The van der Waals surface area contributed by atoms with E-state index < -0.39 is 11.5 Å². The molecule has 1 atom stereocenters. The minimum atomic E-state index is -1.82. The van der Waals surface area contributed by atoms with Gasteiger partial charge in [-0.25, -0.2) is 0 Å². The van der Waals surface area contributed by atoms with Gasteiger partial charge < -0.3 is 10.4 Å². The van der Waals surface area contributed by atoms with Gasteiger partial charge in [-0.2, -0.15) is 0 Å². The van der Waals surface area contributed by atoms with Gasteiger partial charge in [0.15, 0.2) is 5.60 Å².